The smallest absolute Gasteiger partial charge is 0.247 e. The maximum absolute atomic E-state index is 14.1. The molecule has 1 heterocycles. The molecule has 2 aromatic rings. The van der Waals surface area contributed by atoms with Crippen LogP contribution in [0.5, 0.6) is 0 Å². The molecule has 2 aromatic carbocycles. The molecule has 0 radical (unpaired) electrons. The molecule has 1 amide bonds. The molecule has 0 bridgehead atoms. The van der Waals surface area contributed by atoms with Gasteiger partial charge in [0.05, 0.1) is 0 Å². The highest BCUT2D eigenvalue weighted by Crippen LogP contribution is 2.37. The zero-order valence-corrected chi connectivity index (χ0v) is 16.8. The predicted octanol–water partition coefficient (Wildman–Crippen LogP) is 4.31. The maximum Gasteiger partial charge on any atom is 0.247 e. The van der Waals surface area contributed by atoms with Crippen LogP contribution in [0.4, 0.5) is 15.8 Å². The van der Waals surface area contributed by atoms with Crippen LogP contribution in [0.1, 0.15) is 41.9 Å². The molecule has 28 heavy (non-hydrogen) atoms. The fraction of sp³-hybridized carbons (Fsp3) is 0.435. The second-order valence-electron chi connectivity index (χ2n) is 8.36. The van der Waals surface area contributed by atoms with Crippen molar-refractivity contribution in [3.63, 3.8) is 0 Å². The van der Waals surface area contributed by atoms with Crippen molar-refractivity contribution in [3.8, 4) is 0 Å². The number of rotatable bonds is 4. The van der Waals surface area contributed by atoms with Crippen LogP contribution in [0.15, 0.2) is 36.4 Å². The van der Waals surface area contributed by atoms with E-state index < -0.39 is 6.04 Å². The van der Waals surface area contributed by atoms with E-state index in [1.54, 1.807) is 6.07 Å². The second kappa shape index (κ2) is 7.55. The molecule has 2 N–H and O–H groups in total. The fourth-order valence-corrected chi connectivity index (χ4v) is 4.56. The van der Waals surface area contributed by atoms with E-state index in [1.165, 1.54) is 24.5 Å². The van der Waals surface area contributed by atoms with Crippen molar-refractivity contribution in [2.24, 2.45) is 0 Å². The Bertz CT molecular complexity index is 864. The van der Waals surface area contributed by atoms with E-state index in [9.17, 15) is 9.18 Å². The lowest BCUT2D eigenvalue weighted by Crippen LogP contribution is -2.32. The number of hydrogen-bond acceptors (Lipinski definition) is 3. The van der Waals surface area contributed by atoms with E-state index in [-0.39, 0.29) is 11.7 Å². The third-order valence-corrected chi connectivity index (χ3v) is 6.27. The number of carbonyl (C=O) groups excluding carboxylic acids is 1. The Morgan fingerprint density at radius 3 is 2.75 bits per heavy atom. The topological polar surface area (TPSA) is 44.4 Å². The number of anilines is 2. The molecule has 3 unspecified atom stereocenters. The van der Waals surface area contributed by atoms with Crippen LogP contribution in [0.25, 0.3) is 0 Å². The summed E-state index contributed by atoms with van der Waals surface area (Å²) < 4.78 is 14.1. The van der Waals surface area contributed by atoms with Crippen LogP contribution < -0.4 is 10.6 Å². The number of halogens is 1. The first-order chi connectivity index (χ1) is 13.4. The molecule has 1 fully saturated rings. The summed E-state index contributed by atoms with van der Waals surface area (Å²) in [7, 11) is 4.28. The first kappa shape index (κ1) is 18.9. The summed E-state index contributed by atoms with van der Waals surface area (Å²) in [5.74, 6) is 0.168. The number of hydrogen-bond donors (Lipinski definition) is 2. The molecule has 3 atom stereocenters. The molecule has 0 aromatic heterocycles. The van der Waals surface area contributed by atoms with Crippen LogP contribution >= 0.6 is 0 Å². The number of aryl methyl sites for hydroxylation is 1. The largest absolute Gasteiger partial charge is 0.373 e. The zero-order chi connectivity index (χ0) is 19.8. The monoisotopic (exact) mass is 381 g/mol. The van der Waals surface area contributed by atoms with Gasteiger partial charge in [-0.05, 0) is 75.5 Å². The summed E-state index contributed by atoms with van der Waals surface area (Å²) in [4.78, 5) is 15.1. The molecule has 0 spiro atoms. The van der Waals surface area contributed by atoms with Crippen molar-refractivity contribution in [1.29, 1.82) is 0 Å². The number of nitrogens with zero attached hydrogens (tertiary/aromatic N) is 1. The van der Waals surface area contributed by atoms with Gasteiger partial charge in [0, 0.05) is 29.4 Å². The van der Waals surface area contributed by atoms with Gasteiger partial charge in [0.25, 0.3) is 0 Å². The van der Waals surface area contributed by atoms with Crippen molar-refractivity contribution in [1.82, 2.24) is 4.90 Å². The van der Waals surface area contributed by atoms with Gasteiger partial charge < -0.3 is 15.5 Å². The number of nitrogens with one attached hydrogen (secondary N) is 2. The number of benzene rings is 2. The van der Waals surface area contributed by atoms with Crippen molar-refractivity contribution in [3.05, 3.63) is 58.9 Å². The van der Waals surface area contributed by atoms with E-state index >= 15 is 0 Å². The Balaban J connectivity index is 1.43. The lowest BCUT2D eigenvalue weighted by molar-refractivity contribution is -0.116. The van der Waals surface area contributed by atoms with Crippen molar-refractivity contribution < 1.29 is 9.18 Å². The van der Waals surface area contributed by atoms with Gasteiger partial charge in [0.1, 0.15) is 11.9 Å². The molecular weight excluding hydrogens is 353 g/mol. The van der Waals surface area contributed by atoms with E-state index in [4.69, 9.17) is 0 Å². The first-order valence-corrected chi connectivity index (χ1v) is 10.0. The number of fused-ring (bicyclic) bond motifs is 1. The zero-order valence-electron chi connectivity index (χ0n) is 16.8. The SMILES string of the molecule is Cc1ccc(F)c2c1NC(C(=O)Nc1cccc(C3CCC(N(C)C)C3)c1)C2. The normalized spacial score (nSPS) is 23.5. The van der Waals surface area contributed by atoms with Crippen LogP contribution in [0, 0.1) is 12.7 Å². The highest BCUT2D eigenvalue weighted by atomic mass is 19.1. The van der Waals surface area contributed by atoms with Gasteiger partial charge in [-0.1, -0.05) is 18.2 Å². The quantitative estimate of drug-likeness (QED) is 0.830. The summed E-state index contributed by atoms with van der Waals surface area (Å²) in [5, 5.41) is 6.22. The summed E-state index contributed by atoms with van der Waals surface area (Å²) in [6.07, 6.45) is 3.92. The van der Waals surface area contributed by atoms with Crippen LogP contribution in [0.2, 0.25) is 0 Å². The Morgan fingerprint density at radius 1 is 1.21 bits per heavy atom. The van der Waals surface area contributed by atoms with Crippen molar-refractivity contribution in [2.45, 2.75) is 50.6 Å². The minimum Gasteiger partial charge on any atom is -0.373 e. The highest BCUT2D eigenvalue weighted by Gasteiger charge is 2.30. The molecule has 2 aliphatic rings. The van der Waals surface area contributed by atoms with Crippen LogP contribution in [-0.2, 0) is 11.2 Å². The van der Waals surface area contributed by atoms with Crippen LogP contribution in [-0.4, -0.2) is 37.0 Å². The summed E-state index contributed by atoms with van der Waals surface area (Å²) in [5.41, 5.74) is 4.42. The van der Waals surface area contributed by atoms with E-state index in [0.29, 0.717) is 23.9 Å². The Morgan fingerprint density at radius 2 is 2.04 bits per heavy atom. The first-order valence-electron chi connectivity index (χ1n) is 10.0. The van der Waals surface area contributed by atoms with Gasteiger partial charge in [0.2, 0.25) is 5.91 Å². The average Bonchev–Trinajstić information content (AvgIpc) is 3.33. The van der Waals surface area contributed by atoms with Gasteiger partial charge in [-0.15, -0.1) is 0 Å². The van der Waals surface area contributed by atoms with Crippen molar-refractivity contribution >= 4 is 17.3 Å². The molecule has 4 rings (SSSR count). The minimum absolute atomic E-state index is 0.121. The van der Waals surface area contributed by atoms with Gasteiger partial charge in [-0.2, -0.15) is 0 Å². The second-order valence-corrected chi connectivity index (χ2v) is 8.36. The summed E-state index contributed by atoms with van der Waals surface area (Å²) >= 11 is 0. The Hall–Kier alpha value is -2.40. The van der Waals surface area contributed by atoms with E-state index in [1.807, 2.05) is 19.1 Å². The molecular formula is C23H28FN3O. The molecule has 1 aliphatic heterocycles. The third kappa shape index (κ3) is 3.63. The standard InChI is InChI=1S/C23H28FN3O/c1-14-7-10-20(24)19-13-21(26-22(14)19)23(28)25-17-6-4-5-15(11-17)16-8-9-18(12-16)27(2)3/h4-7,10-11,16,18,21,26H,8-9,12-13H2,1-3H3,(H,25,28). The molecule has 1 saturated carbocycles. The number of amides is 1. The van der Waals surface area contributed by atoms with Crippen LogP contribution in [0.3, 0.4) is 0 Å². The molecule has 4 nitrogen and oxygen atoms in total. The predicted molar refractivity (Wildman–Crippen MR) is 111 cm³/mol. The third-order valence-electron chi connectivity index (χ3n) is 6.27. The molecule has 148 valence electrons. The van der Waals surface area contributed by atoms with E-state index in [0.717, 1.165) is 23.4 Å². The minimum atomic E-state index is -0.446. The van der Waals surface area contributed by atoms with Gasteiger partial charge in [0.15, 0.2) is 0 Å². The lowest BCUT2D eigenvalue weighted by atomic mass is 9.97. The molecule has 1 aliphatic carbocycles. The number of carbonyl (C=O) groups is 1. The fourth-order valence-electron chi connectivity index (χ4n) is 4.56. The highest BCUT2D eigenvalue weighted by molar-refractivity contribution is 5.98. The Kier molecular flexibility index (Phi) is 5.11. The average molecular weight is 381 g/mol. The van der Waals surface area contributed by atoms with Gasteiger partial charge in [-0.3, -0.25) is 4.79 Å². The van der Waals surface area contributed by atoms with Crippen molar-refractivity contribution in [2.75, 3.05) is 24.7 Å². The molecule has 5 heteroatoms. The van der Waals surface area contributed by atoms with Gasteiger partial charge >= 0.3 is 0 Å². The molecule has 0 saturated heterocycles. The maximum atomic E-state index is 14.1. The summed E-state index contributed by atoms with van der Waals surface area (Å²) in [6, 6.07) is 11.6. The lowest BCUT2D eigenvalue weighted by Gasteiger charge is -2.19. The van der Waals surface area contributed by atoms with Gasteiger partial charge in [-0.25, -0.2) is 4.39 Å². The Labute approximate surface area is 166 Å². The van der Waals surface area contributed by atoms with E-state index in [2.05, 4.69) is 41.8 Å². The summed E-state index contributed by atoms with van der Waals surface area (Å²) in [6.45, 7) is 1.93.